The van der Waals surface area contributed by atoms with Gasteiger partial charge in [0.2, 0.25) is 6.29 Å². The van der Waals surface area contributed by atoms with Gasteiger partial charge in [-0.2, -0.15) is 0 Å². The van der Waals surface area contributed by atoms with Crippen molar-refractivity contribution in [2.75, 3.05) is 6.61 Å². The Hall–Kier alpha value is -1.60. The summed E-state index contributed by atoms with van der Waals surface area (Å²) in [6, 6.07) is 0. The maximum atomic E-state index is 12.3. The number of hydrogen-bond donors (Lipinski definition) is 0. The molecule has 0 radical (unpaired) electrons. The molecule has 1 aromatic rings. The fourth-order valence-electron chi connectivity index (χ4n) is 3.04. The van der Waals surface area contributed by atoms with Gasteiger partial charge in [0.1, 0.15) is 5.69 Å². The van der Waals surface area contributed by atoms with Gasteiger partial charge in [0, 0.05) is 17.8 Å². The summed E-state index contributed by atoms with van der Waals surface area (Å²) in [5.74, 6) is -0.990. The Morgan fingerprint density at radius 3 is 2.94 bits per heavy atom. The maximum Gasteiger partial charge on any atom is 0.218 e. The summed E-state index contributed by atoms with van der Waals surface area (Å²) in [5, 5.41) is 7.19. The van der Waals surface area contributed by atoms with E-state index in [9.17, 15) is 9.59 Å². The first-order valence-corrected chi connectivity index (χ1v) is 5.82. The Bertz CT molecular complexity index is 553. The number of aromatic nitrogens is 2. The molecule has 3 fully saturated rings. The largest absolute Gasteiger partial charge is 0.343 e. The van der Waals surface area contributed by atoms with Crippen LogP contribution in [0.25, 0.3) is 0 Å². The number of Topliss-reactive ketones (excluding diaryl/α,β-unsaturated/α-hetero) is 2. The molecule has 7 nitrogen and oxygen atoms in total. The van der Waals surface area contributed by atoms with Crippen molar-refractivity contribution < 1.29 is 23.7 Å². The second-order valence-electron chi connectivity index (χ2n) is 4.93. The lowest BCUT2D eigenvalue weighted by molar-refractivity contribution is -0.153. The molecule has 7 heteroatoms. The summed E-state index contributed by atoms with van der Waals surface area (Å²) in [5.41, 5.74) is 0.678. The van der Waals surface area contributed by atoms with Crippen LogP contribution in [-0.2, 0) is 14.3 Å². The molecule has 5 atom stereocenters. The third-order valence-electron chi connectivity index (χ3n) is 3.96. The Morgan fingerprint density at radius 1 is 1.39 bits per heavy atom. The Kier molecular flexibility index (Phi) is 1.86. The Balaban J connectivity index is 1.64. The molecule has 1 aromatic heterocycles. The zero-order chi connectivity index (χ0) is 12.4. The number of aryl methyl sites for hydroxylation is 1. The summed E-state index contributed by atoms with van der Waals surface area (Å²) < 4.78 is 15.1. The SMILES string of the molecule is Cc1nonc1C(=O)[C@@H]1[C@H]2C(=O)[C@@H]3OC[C@@H](O3)[C@@H]12. The van der Waals surface area contributed by atoms with E-state index >= 15 is 0 Å². The zero-order valence-electron chi connectivity index (χ0n) is 9.53. The monoisotopic (exact) mass is 250 g/mol. The molecule has 2 aliphatic heterocycles. The van der Waals surface area contributed by atoms with E-state index in [1.54, 1.807) is 6.92 Å². The van der Waals surface area contributed by atoms with Gasteiger partial charge in [-0.1, -0.05) is 5.16 Å². The van der Waals surface area contributed by atoms with Gasteiger partial charge in [-0.3, -0.25) is 9.59 Å². The van der Waals surface area contributed by atoms with Crippen molar-refractivity contribution >= 4 is 11.6 Å². The summed E-state index contributed by atoms with van der Waals surface area (Å²) in [7, 11) is 0. The normalized spacial score (nSPS) is 40.7. The van der Waals surface area contributed by atoms with Crippen LogP contribution < -0.4 is 0 Å². The van der Waals surface area contributed by atoms with Crippen molar-refractivity contribution in [2.24, 2.45) is 17.8 Å². The van der Waals surface area contributed by atoms with Crippen molar-refractivity contribution in [3.8, 4) is 0 Å². The van der Waals surface area contributed by atoms with Gasteiger partial charge in [-0.05, 0) is 12.1 Å². The molecule has 18 heavy (non-hydrogen) atoms. The predicted octanol–water partition coefficient (Wildman–Crippen LogP) is -0.253. The van der Waals surface area contributed by atoms with E-state index in [-0.39, 0.29) is 41.1 Å². The van der Waals surface area contributed by atoms with E-state index in [0.29, 0.717) is 12.3 Å². The summed E-state index contributed by atoms with van der Waals surface area (Å²) in [4.78, 5) is 24.2. The molecule has 1 saturated carbocycles. The summed E-state index contributed by atoms with van der Waals surface area (Å²) >= 11 is 0. The first kappa shape index (κ1) is 10.3. The van der Waals surface area contributed by atoms with Crippen molar-refractivity contribution in [1.82, 2.24) is 10.3 Å². The molecule has 0 amide bonds. The molecular formula is C11H10N2O5. The van der Waals surface area contributed by atoms with Crippen LogP contribution in [0.1, 0.15) is 16.2 Å². The zero-order valence-corrected chi connectivity index (χ0v) is 9.53. The fraction of sp³-hybridized carbons (Fsp3) is 0.636. The van der Waals surface area contributed by atoms with E-state index in [1.807, 2.05) is 0 Å². The maximum absolute atomic E-state index is 12.3. The molecule has 2 bridgehead atoms. The molecule has 94 valence electrons. The van der Waals surface area contributed by atoms with Gasteiger partial charge in [-0.25, -0.2) is 4.63 Å². The number of carbonyl (C=O) groups is 2. The second kappa shape index (κ2) is 3.24. The first-order chi connectivity index (χ1) is 8.68. The van der Waals surface area contributed by atoms with Crippen LogP contribution in [0, 0.1) is 24.7 Å². The van der Waals surface area contributed by atoms with E-state index in [0.717, 1.165) is 0 Å². The summed E-state index contributed by atoms with van der Waals surface area (Å²) in [6.07, 6.45) is -0.919. The topological polar surface area (TPSA) is 91.5 Å². The molecule has 2 saturated heterocycles. The molecule has 3 heterocycles. The lowest BCUT2D eigenvalue weighted by Gasteiger charge is -2.14. The minimum Gasteiger partial charge on any atom is -0.343 e. The van der Waals surface area contributed by atoms with Crippen molar-refractivity contribution in [1.29, 1.82) is 0 Å². The minimum absolute atomic E-state index is 0.0696. The van der Waals surface area contributed by atoms with Crippen LogP contribution in [0.5, 0.6) is 0 Å². The number of ether oxygens (including phenoxy) is 2. The minimum atomic E-state index is -0.773. The van der Waals surface area contributed by atoms with Crippen LogP contribution in [-0.4, -0.2) is 40.9 Å². The third-order valence-corrected chi connectivity index (χ3v) is 3.96. The predicted molar refractivity (Wildman–Crippen MR) is 53.5 cm³/mol. The smallest absolute Gasteiger partial charge is 0.218 e. The van der Waals surface area contributed by atoms with E-state index in [2.05, 4.69) is 14.9 Å². The second-order valence-corrected chi connectivity index (χ2v) is 4.93. The lowest BCUT2D eigenvalue weighted by atomic mass is 10.1. The average molecular weight is 250 g/mol. The van der Waals surface area contributed by atoms with Crippen LogP contribution in [0.4, 0.5) is 0 Å². The Labute approximate surface area is 101 Å². The highest BCUT2D eigenvalue weighted by atomic mass is 16.7. The number of hydrogen-bond acceptors (Lipinski definition) is 7. The van der Waals surface area contributed by atoms with Crippen LogP contribution >= 0.6 is 0 Å². The average Bonchev–Trinajstić information content (AvgIpc) is 2.74. The van der Waals surface area contributed by atoms with E-state index < -0.39 is 6.29 Å². The van der Waals surface area contributed by atoms with Gasteiger partial charge >= 0.3 is 0 Å². The molecule has 0 N–H and O–H groups in total. The molecule has 1 aliphatic carbocycles. The first-order valence-electron chi connectivity index (χ1n) is 5.82. The van der Waals surface area contributed by atoms with Crippen molar-refractivity contribution in [2.45, 2.75) is 19.3 Å². The number of rotatable bonds is 2. The van der Waals surface area contributed by atoms with E-state index in [1.165, 1.54) is 0 Å². The van der Waals surface area contributed by atoms with Gasteiger partial charge in [0.15, 0.2) is 17.3 Å². The van der Waals surface area contributed by atoms with Crippen molar-refractivity contribution in [3.63, 3.8) is 0 Å². The number of fused-ring (bicyclic) bond motifs is 4. The van der Waals surface area contributed by atoms with Gasteiger partial charge in [0.05, 0.1) is 12.7 Å². The molecule has 0 aromatic carbocycles. The number of ketones is 2. The third kappa shape index (κ3) is 1.15. The van der Waals surface area contributed by atoms with Gasteiger partial charge in [-0.15, -0.1) is 0 Å². The molecular weight excluding hydrogens is 240 g/mol. The van der Waals surface area contributed by atoms with Crippen LogP contribution in [0.2, 0.25) is 0 Å². The Morgan fingerprint density at radius 2 is 2.22 bits per heavy atom. The molecule has 4 rings (SSSR count). The van der Waals surface area contributed by atoms with E-state index in [4.69, 9.17) is 9.47 Å². The molecule has 3 aliphatic rings. The highest BCUT2D eigenvalue weighted by Crippen LogP contribution is 2.57. The number of nitrogens with zero attached hydrogens (tertiary/aromatic N) is 2. The number of carbonyl (C=O) groups excluding carboxylic acids is 2. The summed E-state index contributed by atoms with van der Waals surface area (Å²) in [6.45, 7) is 2.04. The van der Waals surface area contributed by atoms with Gasteiger partial charge < -0.3 is 9.47 Å². The molecule has 0 spiro atoms. The fourth-order valence-corrected chi connectivity index (χ4v) is 3.04. The highest BCUT2D eigenvalue weighted by molar-refractivity contribution is 6.05. The van der Waals surface area contributed by atoms with Crippen LogP contribution in [0.3, 0.4) is 0 Å². The lowest BCUT2D eigenvalue weighted by Crippen LogP contribution is -2.30. The highest BCUT2D eigenvalue weighted by Gasteiger charge is 2.69. The quantitative estimate of drug-likeness (QED) is 0.668. The standard InChI is InChI=1S/C11H10N2O5/c1-3-8(13-18-12-3)9(14)6-5-4-2-16-11(17-4)10(15)7(5)6/h4-7,11H,2H2,1H3/t4-,5+,6+,7+,11-/m1/s1. The molecule has 0 unspecified atom stereocenters. The van der Waals surface area contributed by atoms with Crippen LogP contribution in [0.15, 0.2) is 4.63 Å². The van der Waals surface area contributed by atoms with Crippen molar-refractivity contribution in [3.05, 3.63) is 11.4 Å². The van der Waals surface area contributed by atoms with Gasteiger partial charge in [0.25, 0.3) is 0 Å².